The van der Waals surface area contributed by atoms with Gasteiger partial charge < -0.3 is 4.90 Å². The van der Waals surface area contributed by atoms with E-state index in [-0.39, 0.29) is 18.5 Å². The van der Waals surface area contributed by atoms with E-state index in [1.807, 2.05) is 53.4 Å². The van der Waals surface area contributed by atoms with E-state index in [1.54, 1.807) is 18.2 Å². The van der Waals surface area contributed by atoms with Crippen molar-refractivity contribution in [1.29, 1.82) is 5.26 Å². The molecule has 3 aromatic rings. The van der Waals surface area contributed by atoms with Crippen molar-refractivity contribution in [3.8, 4) is 6.07 Å². The van der Waals surface area contributed by atoms with Crippen molar-refractivity contribution in [2.45, 2.75) is 32.2 Å². The number of carbonyl (C=O) groups excluding carboxylic acids is 2. The van der Waals surface area contributed by atoms with Gasteiger partial charge in [0, 0.05) is 18.7 Å². The van der Waals surface area contributed by atoms with Crippen molar-refractivity contribution in [3.63, 3.8) is 0 Å². The van der Waals surface area contributed by atoms with Crippen LogP contribution in [0.1, 0.15) is 47.2 Å². The normalized spacial score (nSPS) is 13.8. The van der Waals surface area contributed by atoms with Gasteiger partial charge in [-0.25, -0.2) is 9.80 Å². The summed E-state index contributed by atoms with van der Waals surface area (Å²) in [5, 5.41) is 12.5. The number of fused-ring (bicyclic) bond motifs is 1. The van der Waals surface area contributed by atoms with Crippen molar-refractivity contribution in [2.24, 2.45) is 0 Å². The molecule has 162 valence electrons. The first-order valence-electron chi connectivity index (χ1n) is 11.0. The molecule has 1 heterocycles. The third-order valence-electron chi connectivity index (χ3n) is 5.78. The molecule has 4 rings (SSSR count). The van der Waals surface area contributed by atoms with Gasteiger partial charge >= 0.3 is 6.03 Å². The van der Waals surface area contributed by atoms with Gasteiger partial charge in [-0.15, -0.1) is 0 Å². The van der Waals surface area contributed by atoms with E-state index in [1.165, 1.54) is 5.01 Å². The molecule has 3 amide bonds. The van der Waals surface area contributed by atoms with Gasteiger partial charge in [0.25, 0.3) is 5.91 Å². The number of nitrogens with one attached hydrogen (secondary N) is 1. The summed E-state index contributed by atoms with van der Waals surface area (Å²) in [6.45, 7) is 1.60. The van der Waals surface area contributed by atoms with E-state index in [0.717, 1.165) is 42.0 Å². The largest absolute Gasteiger partial charge is 0.339 e. The Morgan fingerprint density at radius 2 is 1.59 bits per heavy atom. The number of nitriles is 1. The summed E-state index contributed by atoms with van der Waals surface area (Å²) in [5.41, 5.74) is 4.72. The van der Waals surface area contributed by atoms with Crippen molar-refractivity contribution in [2.75, 3.05) is 13.1 Å². The fourth-order valence-electron chi connectivity index (χ4n) is 3.97. The maximum atomic E-state index is 13.3. The van der Waals surface area contributed by atoms with Crippen molar-refractivity contribution >= 4 is 22.7 Å². The lowest BCUT2D eigenvalue weighted by Crippen LogP contribution is -2.51. The molecule has 0 radical (unpaired) electrons. The van der Waals surface area contributed by atoms with Gasteiger partial charge in [-0.1, -0.05) is 55.3 Å². The molecule has 6 heteroatoms. The topological polar surface area (TPSA) is 76.4 Å². The SMILES string of the molecule is N#Cc1ccc(CN(NC(=O)c2ccc3ccccc3c2)C(=O)N2CCCCCC2)cc1. The average Bonchev–Trinajstić information content (AvgIpc) is 3.13. The Bertz CT molecular complexity index is 1140. The predicted octanol–water partition coefficient (Wildman–Crippen LogP) is 4.85. The molecule has 0 atom stereocenters. The van der Waals surface area contributed by atoms with Crippen LogP contribution in [0.5, 0.6) is 0 Å². The van der Waals surface area contributed by atoms with E-state index in [9.17, 15) is 9.59 Å². The maximum absolute atomic E-state index is 13.3. The molecular weight excluding hydrogens is 400 g/mol. The van der Waals surface area contributed by atoms with Crippen LogP contribution in [0.4, 0.5) is 4.79 Å². The first-order valence-corrected chi connectivity index (χ1v) is 11.0. The number of urea groups is 1. The summed E-state index contributed by atoms with van der Waals surface area (Å²) in [6, 6.07) is 22.3. The van der Waals surface area contributed by atoms with Crippen LogP contribution in [0, 0.1) is 11.3 Å². The number of rotatable bonds is 3. The van der Waals surface area contributed by atoms with Crippen LogP contribution in [0.25, 0.3) is 10.8 Å². The number of benzene rings is 3. The molecule has 0 unspecified atom stereocenters. The average molecular weight is 427 g/mol. The molecule has 3 aromatic carbocycles. The molecule has 6 nitrogen and oxygen atoms in total. The second-order valence-electron chi connectivity index (χ2n) is 8.08. The first-order chi connectivity index (χ1) is 15.6. The monoisotopic (exact) mass is 426 g/mol. The van der Waals surface area contributed by atoms with Gasteiger partial charge in [0.1, 0.15) is 0 Å². The number of nitrogens with zero attached hydrogens (tertiary/aromatic N) is 3. The lowest BCUT2D eigenvalue weighted by atomic mass is 10.1. The van der Waals surface area contributed by atoms with Crippen molar-refractivity contribution < 1.29 is 9.59 Å². The van der Waals surface area contributed by atoms with E-state index < -0.39 is 0 Å². The van der Waals surface area contributed by atoms with E-state index in [2.05, 4.69) is 11.5 Å². The maximum Gasteiger partial charge on any atom is 0.339 e. The van der Waals surface area contributed by atoms with Gasteiger partial charge in [-0.3, -0.25) is 10.2 Å². The van der Waals surface area contributed by atoms with Crippen molar-refractivity contribution in [1.82, 2.24) is 15.3 Å². The van der Waals surface area contributed by atoms with Gasteiger partial charge in [0.15, 0.2) is 0 Å². The fraction of sp³-hybridized carbons (Fsp3) is 0.269. The smallest absolute Gasteiger partial charge is 0.323 e. The summed E-state index contributed by atoms with van der Waals surface area (Å²) >= 11 is 0. The Morgan fingerprint density at radius 3 is 2.28 bits per heavy atom. The fourth-order valence-corrected chi connectivity index (χ4v) is 3.97. The molecule has 0 spiro atoms. The Balaban J connectivity index is 1.56. The molecule has 32 heavy (non-hydrogen) atoms. The Labute approximate surface area is 188 Å². The lowest BCUT2D eigenvalue weighted by molar-refractivity contribution is 0.0768. The van der Waals surface area contributed by atoms with E-state index >= 15 is 0 Å². The van der Waals surface area contributed by atoms with Crippen LogP contribution in [0.3, 0.4) is 0 Å². The number of hydrogen-bond donors (Lipinski definition) is 1. The third-order valence-corrected chi connectivity index (χ3v) is 5.78. The third kappa shape index (κ3) is 5.06. The molecule has 0 bridgehead atoms. The van der Waals surface area contributed by atoms with Crippen LogP contribution in [0.15, 0.2) is 66.7 Å². The zero-order valence-electron chi connectivity index (χ0n) is 18.0. The minimum absolute atomic E-state index is 0.203. The van der Waals surface area contributed by atoms with Crippen molar-refractivity contribution in [3.05, 3.63) is 83.4 Å². The van der Waals surface area contributed by atoms with Crippen LogP contribution in [-0.2, 0) is 6.54 Å². The molecule has 1 N–H and O–H groups in total. The standard InChI is InChI=1S/C26H26N4O2/c27-18-20-9-11-21(12-10-20)19-30(26(32)29-15-5-1-2-6-16-29)28-25(31)24-14-13-22-7-3-4-8-23(22)17-24/h3-4,7-14,17H,1-2,5-6,15-16,19H2,(H,28,31). The summed E-state index contributed by atoms with van der Waals surface area (Å²) in [7, 11) is 0. The number of likely N-dealkylation sites (tertiary alicyclic amines) is 1. The number of hydrazine groups is 1. The summed E-state index contributed by atoms with van der Waals surface area (Å²) < 4.78 is 0. The summed E-state index contributed by atoms with van der Waals surface area (Å²) in [6.07, 6.45) is 4.16. The highest BCUT2D eigenvalue weighted by Gasteiger charge is 2.24. The molecular formula is C26H26N4O2. The Hall–Kier alpha value is -3.85. The minimum atomic E-state index is -0.326. The number of hydrogen-bond acceptors (Lipinski definition) is 3. The molecule has 1 aliphatic heterocycles. The lowest BCUT2D eigenvalue weighted by Gasteiger charge is -2.30. The Kier molecular flexibility index (Phi) is 6.66. The van der Waals surface area contributed by atoms with Gasteiger partial charge in [0.05, 0.1) is 18.2 Å². The van der Waals surface area contributed by atoms with E-state index in [4.69, 9.17) is 5.26 Å². The van der Waals surface area contributed by atoms with Crippen LogP contribution < -0.4 is 5.43 Å². The highest BCUT2D eigenvalue weighted by atomic mass is 16.2. The van der Waals surface area contributed by atoms with Gasteiger partial charge in [0.2, 0.25) is 0 Å². The van der Waals surface area contributed by atoms with Crippen LogP contribution >= 0.6 is 0 Å². The molecule has 0 aliphatic carbocycles. The quantitative estimate of drug-likeness (QED) is 0.608. The molecule has 1 fully saturated rings. The highest BCUT2D eigenvalue weighted by molar-refractivity contribution is 5.99. The molecule has 0 saturated carbocycles. The van der Waals surface area contributed by atoms with Crippen LogP contribution in [0.2, 0.25) is 0 Å². The second-order valence-corrected chi connectivity index (χ2v) is 8.08. The molecule has 1 aliphatic rings. The first kappa shape index (κ1) is 21.4. The Morgan fingerprint density at radius 1 is 0.906 bits per heavy atom. The van der Waals surface area contributed by atoms with Crippen LogP contribution in [-0.4, -0.2) is 34.9 Å². The zero-order chi connectivity index (χ0) is 22.3. The van der Waals surface area contributed by atoms with E-state index in [0.29, 0.717) is 24.2 Å². The van der Waals surface area contributed by atoms with Gasteiger partial charge in [-0.2, -0.15) is 5.26 Å². The second kappa shape index (κ2) is 9.97. The number of carbonyl (C=O) groups is 2. The van der Waals surface area contributed by atoms with Gasteiger partial charge in [-0.05, 0) is 53.4 Å². The highest BCUT2D eigenvalue weighted by Crippen LogP contribution is 2.17. The zero-order valence-corrected chi connectivity index (χ0v) is 18.0. The number of amides is 3. The minimum Gasteiger partial charge on any atom is -0.323 e. The predicted molar refractivity (Wildman–Crippen MR) is 124 cm³/mol. The molecule has 0 aromatic heterocycles. The molecule has 1 saturated heterocycles. The summed E-state index contributed by atoms with van der Waals surface area (Å²) in [5.74, 6) is -0.326. The summed E-state index contributed by atoms with van der Waals surface area (Å²) in [4.78, 5) is 28.2.